The lowest BCUT2D eigenvalue weighted by Crippen LogP contribution is -2.20. The first kappa shape index (κ1) is 20.6. The summed E-state index contributed by atoms with van der Waals surface area (Å²) in [6.07, 6.45) is 0.563. The summed E-state index contributed by atoms with van der Waals surface area (Å²) in [6, 6.07) is 22.4. The topological polar surface area (TPSA) is 77.2 Å². The summed E-state index contributed by atoms with van der Waals surface area (Å²) in [5.74, 6) is 1.19. The molecule has 0 saturated heterocycles. The fourth-order valence-corrected chi connectivity index (χ4v) is 3.15. The quantitative estimate of drug-likeness (QED) is 0.427. The van der Waals surface area contributed by atoms with E-state index in [0.717, 1.165) is 11.1 Å². The van der Waals surface area contributed by atoms with Crippen LogP contribution in [0.25, 0.3) is 11.5 Å². The van der Waals surface area contributed by atoms with Gasteiger partial charge in [0.1, 0.15) is 5.75 Å². The number of nitrogens with zero attached hydrogens (tertiary/aromatic N) is 2. The predicted molar refractivity (Wildman–Crippen MR) is 119 cm³/mol. The van der Waals surface area contributed by atoms with Crippen LogP contribution in [0.15, 0.2) is 77.3 Å². The van der Waals surface area contributed by atoms with Crippen LogP contribution >= 0.6 is 11.6 Å². The average Bonchev–Trinajstić information content (AvgIpc) is 3.24. The standard InChI is InChI=1S/C24H20ClN3O3/c1-16-13-18(11-12-20(16)25)30-15-23(29)26-21-10-6-5-9-19(21)24-27-22(28-31-24)14-17-7-3-2-4-8-17/h2-13H,14-15H2,1H3,(H,26,29). The summed E-state index contributed by atoms with van der Waals surface area (Å²) in [4.78, 5) is 16.9. The number of para-hydroxylation sites is 1. The molecule has 0 saturated carbocycles. The van der Waals surface area contributed by atoms with Gasteiger partial charge in [-0.3, -0.25) is 4.79 Å². The highest BCUT2D eigenvalue weighted by Gasteiger charge is 2.15. The highest BCUT2D eigenvalue weighted by molar-refractivity contribution is 6.31. The number of nitrogens with one attached hydrogen (secondary N) is 1. The predicted octanol–water partition coefficient (Wildman–Crippen LogP) is 5.31. The highest BCUT2D eigenvalue weighted by Crippen LogP contribution is 2.27. The molecule has 0 aliphatic heterocycles. The molecule has 1 heterocycles. The monoisotopic (exact) mass is 433 g/mol. The molecule has 1 N–H and O–H groups in total. The van der Waals surface area contributed by atoms with E-state index < -0.39 is 0 Å². The number of rotatable bonds is 7. The molecule has 1 amide bonds. The summed E-state index contributed by atoms with van der Waals surface area (Å²) in [6.45, 7) is 1.74. The van der Waals surface area contributed by atoms with Crippen LogP contribution in [0.1, 0.15) is 17.0 Å². The molecule has 0 atom stereocenters. The maximum absolute atomic E-state index is 12.4. The molecule has 156 valence electrons. The smallest absolute Gasteiger partial charge is 0.262 e. The number of aryl methyl sites for hydroxylation is 1. The van der Waals surface area contributed by atoms with E-state index in [2.05, 4.69) is 15.5 Å². The zero-order valence-corrected chi connectivity index (χ0v) is 17.6. The van der Waals surface area contributed by atoms with Gasteiger partial charge in [0, 0.05) is 11.4 Å². The van der Waals surface area contributed by atoms with Crippen molar-refractivity contribution in [3.05, 3.63) is 94.8 Å². The number of hydrogen-bond acceptors (Lipinski definition) is 5. The molecule has 4 rings (SSSR count). The molecular weight excluding hydrogens is 414 g/mol. The number of ether oxygens (including phenoxy) is 1. The summed E-state index contributed by atoms with van der Waals surface area (Å²) < 4.78 is 11.0. The number of carbonyl (C=O) groups excluding carboxylic acids is 1. The van der Waals surface area contributed by atoms with E-state index in [4.69, 9.17) is 20.9 Å². The first-order valence-electron chi connectivity index (χ1n) is 9.73. The van der Waals surface area contributed by atoms with Gasteiger partial charge in [0.2, 0.25) is 0 Å². The van der Waals surface area contributed by atoms with Crippen LogP contribution in [-0.4, -0.2) is 22.7 Å². The number of benzene rings is 3. The molecule has 0 fully saturated rings. The van der Waals surface area contributed by atoms with Gasteiger partial charge in [-0.25, -0.2) is 0 Å². The van der Waals surface area contributed by atoms with Crippen molar-refractivity contribution in [2.24, 2.45) is 0 Å². The number of amides is 1. The molecule has 4 aromatic rings. The molecule has 3 aromatic carbocycles. The zero-order chi connectivity index (χ0) is 21.6. The molecule has 0 aliphatic rings. The Balaban J connectivity index is 1.43. The van der Waals surface area contributed by atoms with E-state index in [0.29, 0.717) is 40.2 Å². The molecule has 0 unspecified atom stereocenters. The van der Waals surface area contributed by atoms with Crippen molar-refractivity contribution >= 4 is 23.2 Å². The van der Waals surface area contributed by atoms with E-state index in [-0.39, 0.29) is 12.5 Å². The van der Waals surface area contributed by atoms with E-state index in [1.165, 1.54) is 0 Å². The van der Waals surface area contributed by atoms with E-state index in [1.54, 1.807) is 24.3 Å². The van der Waals surface area contributed by atoms with Crippen LogP contribution in [0, 0.1) is 6.92 Å². The van der Waals surface area contributed by atoms with Gasteiger partial charge in [-0.05, 0) is 48.4 Å². The van der Waals surface area contributed by atoms with Crippen molar-refractivity contribution in [1.82, 2.24) is 10.1 Å². The van der Waals surface area contributed by atoms with Crippen molar-refractivity contribution in [2.45, 2.75) is 13.3 Å². The zero-order valence-electron chi connectivity index (χ0n) is 16.8. The fourth-order valence-electron chi connectivity index (χ4n) is 3.03. The molecule has 1 aromatic heterocycles. The van der Waals surface area contributed by atoms with Crippen molar-refractivity contribution in [3.63, 3.8) is 0 Å². The molecule has 0 aliphatic carbocycles. The van der Waals surface area contributed by atoms with Crippen LogP contribution in [0.4, 0.5) is 5.69 Å². The lowest BCUT2D eigenvalue weighted by atomic mass is 10.1. The Hall–Kier alpha value is -3.64. The van der Waals surface area contributed by atoms with Gasteiger partial charge < -0.3 is 14.6 Å². The number of carbonyl (C=O) groups is 1. The van der Waals surface area contributed by atoms with Gasteiger partial charge in [0.15, 0.2) is 12.4 Å². The maximum atomic E-state index is 12.4. The Bertz CT molecular complexity index is 1190. The third-order valence-corrected chi connectivity index (χ3v) is 5.03. The SMILES string of the molecule is Cc1cc(OCC(=O)Nc2ccccc2-c2nc(Cc3ccccc3)no2)ccc1Cl. The van der Waals surface area contributed by atoms with Gasteiger partial charge in [-0.15, -0.1) is 0 Å². The first-order chi connectivity index (χ1) is 15.1. The van der Waals surface area contributed by atoms with Gasteiger partial charge in [0.05, 0.1) is 11.3 Å². The van der Waals surface area contributed by atoms with Crippen LogP contribution in [0.2, 0.25) is 5.02 Å². The van der Waals surface area contributed by atoms with Crippen LogP contribution < -0.4 is 10.1 Å². The van der Waals surface area contributed by atoms with Crippen molar-refractivity contribution in [2.75, 3.05) is 11.9 Å². The summed E-state index contributed by atoms with van der Waals surface area (Å²) >= 11 is 6.02. The second kappa shape index (κ2) is 9.45. The summed E-state index contributed by atoms with van der Waals surface area (Å²) in [5.41, 5.74) is 3.18. The van der Waals surface area contributed by atoms with E-state index in [1.807, 2.05) is 55.5 Å². The lowest BCUT2D eigenvalue weighted by Gasteiger charge is -2.10. The van der Waals surface area contributed by atoms with Crippen molar-refractivity contribution in [1.29, 1.82) is 0 Å². The van der Waals surface area contributed by atoms with Crippen molar-refractivity contribution in [3.8, 4) is 17.2 Å². The third-order valence-electron chi connectivity index (χ3n) is 4.60. The molecule has 31 heavy (non-hydrogen) atoms. The number of aromatic nitrogens is 2. The van der Waals surface area contributed by atoms with Crippen LogP contribution in [0.5, 0.6) is 5.75 Å². The van der Waals surface area contributed by atoms with Gasteiger partial charge >= 0.3 is 0 Å². The van der Waals surface area contributed by atoms with Gasteiger partial charge in [-0.2, -0.15) is 4.98 Å². The Labute approximate surface area is 184 Å². The molecular formula is C24H20ClN3O3. The average molecular weight is 434 g/mol. The van der Waals surface area contributed by atoms with Gasteiger partial charge in [-0.1, -0.05) is 59.2 Å². The van der Waals surface area contributed by atoms with E-state index >= 15 is 0 Å². The summed E-state index contributed by atoms with van der Waals surface area (Å²) in [7, 11) is 0. The maximum Gasteiger partial charge on any atom is 0.262 e. The minimum Gasteiger partial charge on any atom is -0.484 e. The van der Waals surface area contributed by atoms with E-state index in [9.17, 15) is 4.79 Å². The lowest BCUT2D eigenvalue weighted by molar-refractivity contribution is -0.118. The Morgan fingerprint density at radius 1 is 1.06 bits per heavy atom. The third kappa shape index (κ3) is 5.29. The minimum atomic E-state index is -0.302. The number of halogens is 1. The Morgan fingerprint density at radius 2 is 1.84 bits per heavy atom. The fraction of sp³-hybridized carbons (Fsp3) is 0.125. The summed E-state index contributed by atoms with van der Waals surface area (Å²) in [5, 5.41) is 7.56. The normalized spacial score (nSPS) is 10.6. The Morgan fingerprint density at radius 3 is 2.65 bits per heavy atom. The molecule has 0 bridgehead atoms. The first-order valence-corrected chi connectivity index (χ1v) is 10.1. The highest BCUT2D eigenvalue weighted by atomic mass is 35.5. The number of anilines is 1. The Kier molecular flexibility index (Phi) is 6.29. The van der Waals surface area contributed by atoms with Gasteiger partial charge in [0.25, 0.3) is 11.8 Å². The second-order valence-corrected chi connectivity index (χ2v) is 7.38. The van der Waals surface area contributed by atoms with Crippen molar-refractivity contribution < 1.29 is 14.1 Å². The van der Waals surface area contributed by atoms with Crippen LogP contribution in [0.3, 0.4) is 0 Å². The minimum absolute atomic E-state index is 0.140. The number of hydrogen-bond donors (Lipinski definition) is 1. The molecule has 0 spiro atoms. The second-order valence-electron chi connectivity index (χ2n) is 6.97. The molecule has 0 radical (unpaired) electrons. The van der Waals surface area contributed by atoms with Crippen LogP contribution in [-0.2, 0) is 11.2 Å². The molecule has 7 heteroatoms. The largest absolute Gasteiger partial charge is 0.484 e. The molecule has 6 nitrogen and oxygen atoms in total.